The molecule has 4 rings (SSSR count). The van der Waals surface area contributed by atoms with Crippen LogP contribution in [0.2, 0.25) is 0 Å². The Hall–Kier alpha value is -2.97. The highest BCUT2D eigenvalue weighted by molar-refractivity contribution is 9.10. The number of hydrogen-bond donors (Lipinski definition) is 1. The first-order valence-electron chi connectivity index (χ1n) is 9.46. The van der Waals surface area contributed by atoms with Crippen LogP contribution in [0.3, 0.4) is 0 Å². The van der Waals surface area contributed by atoms with Gasteiger partial charge in [-0.05, 0) is 63.0 Å². The van der Waals surface area contributed by atoms with E-state index in [1.807, 2.05) is 43.3 Å². The van der Waals surface area contributed by atoms with Crippen molar-refractivity contribution >= 4 is 38.3 Å². The number of hydrogen-bond acceptors (Lipinski definition) is 3. The smallest absolute Gasteiger partial charge is 0.225 e. The molecule has 0 saturated heterocycles. The van der Waals surface area contributed by atoms with Crippen LogP contribution in [0, 0.1) is 12.3 Å². The van der Waals surface area contributed by atoms with Crippen molar-refractivity contribution < 1.29 is 14.3 Å². The van der Waals surface area contributed by atoms with Crippen LogP contribution >= 0.6 is 15.9 Å². The standard InChI is InChI=1S/C24H20BrNO3/c1-3-11-29-24-19(25)12-16(13-21(24)28-4-2)18-14-22(27)26-20-10-9-15-7-5-6-8-17(15)23(18)20/h1,5-10,12-13,18H,4,11,14H2,2H3,(H,26,27)/t18-/m1/s1. The maximum atomic E-state index is 12.4. The summed E-state index contributed by atoms with van der Waals surface area (Å²) >= 11 is 3.60. The van der Waals surface area contributed by atoms with Gasteiger partial charge in [0.15, 0.2) is 11.5 Å². The molecule has 1 N–H and O–H groups in total. The molecule has 0 unspecified atom stereocenters. The van der Waals surface area contributed by atoms with Gasteiger partial charge in [-0.25, -0.2) is 0 Å². The average Bonchev–Trinajstić information content (AvgIpc) is 2.72. The van der Waals surface area contributed by atoms with Gasteiger partial charge in [0.25, 0.3) is 0 Å². The number of carbonyl (C=O) groups is 1. The summed E-state index contributed by atoms with van der Waals surface area (Å²) in [6, 6.07) is 16.2. The van der Waals surface area contributed by atoms with Gasteiger partial charge >= 0.3 is 0 Å². The van der Waals surface area contributed by atoms with Gasteiger partial charge in [0.2, 0.25) is 5.91 Å². The third kappa shape index (κ3) is 3.68. The molecule has 5 heteroatoms. The molecule has 1 aliphatic heterocycles. The lowest BCUT2D eigenvalue weighted by Crippen LogP contribution is -2.23. The number of rotatable bonds is 5. The summed E-state index contributed by atoms with van der Waals surface area (Å²) in [5.41, 5.74) is 2.96. The van der Waals surface area contributed by atoms with Crippen molar-refractivity contribution in [1.29, 1.82) is 0 Å². The summed E-state index contributed by atoms with van der Waals surface area (Å²) in [7, 11) is 0. The Labute approximate surface area is 178 Å². The van der Waals surface area contributed by atoms with Gasteiger partial charge in [-0.15, -0.1) is 6.42 Å². The van der Waals surface area contributed by atoms with E-state index >= 15 is 0 Å². The van der Waals surface area contributed by atoms with Gasteiger partial charge in [0.05, 0.1) is 11.1 Å². The fourth-order valence-electron chi connectivity index (χ4n) is 3.86. The zero-order chi connectivity index (χ0) is 20.4. The van der Waals surface area contributed by atoms with Crippen molar-refractivity contribution in [3.05, 3.63) is 64.1 Å². The van der Waals surface area contributed by atoms with E-state index in [9.17, 15) is 4.79 Å². The van der Waals surface area contributed by atoms with Crippen LogP contribution in [0.25, 0.3) is 10.8 Å². The molecule has 146 valence electrons. The van der Waals surface area contributed by atoms with Crippen molar-refractivity contribution in [2.24, 2.45) is 0 Å². The number of halogens is 1. The summed E-state index contributed by atoms with van der Waals surface area (Å²) in [4.78, 5) is 12.4. The van der Waals surface area contributed by atoms with E-state index in [2.05, 4.69) is 39.3 Å². The maximum Gasteiger partial charge on any atom is 0.225 e. The first-order valence-corrected chi connectivity index (χ1v) is 10.3. The van der Waals surface area contributed by atoms with E-state index in [1.165, 1.54) is 0 Å². The Morgan fingerprint density at radius 3 is 2.83 bits per heavy atom. The van der Waals surface area contributed by atoms with Crippen molar-refractivity contribution in [2.45, 2.75) is 19.3 Å². The van der Waals surface area contributed by atoms with Crippen LogP contribution in [-0.4, -0.2) is 19.1 Å². The summed E-state index contributed by atoms with van der Waals surface area (Å²) < 4.78 is 12.3. The summed E-state index contributed by atoms with van der Waals surface area (Å²) in [5.74, 6) is 3.57. The van der Waals surface area contributed by atoms with E-state index in [-0.39, 0.29) is 18.4 Å². The van der Waals surface area contributed by atoms with Crippen LogP contribution in [0.15, 0.2) is 53.0 Å². The van der Waals surface area contributed by atoms with E-state index < -0.39 is 0 Å². The zero-order valence-electron chi connectivity index (χ0n) is 16.0. The highest BCUT2D eigenvalue weighted by atomic mass is 79.9. The second kappa shape index (κ2) is 8.18. The summed E-state index contributed by atoms with van der Waals surface area (Å²) in [6.45, 7) is 2.56. The van der Waals surface area contributed by atoms with Crippen LogP contribution < -0.4 is 14.8 Å². The number of nitrogens with one attached hydrogen (secondary N) is 1. The molecule has 1 heterocycles. The summed E-state index contributed by atoms with van der Waals surface area (Å²) in [5, 5.41) is 5.30. The number of fused-ring (bicyclic) bond motifs is 3. The molecular weight excluding hydrogens is 430 g/mol. The second-order valence-electron chi connectivity index (χ2n) is 6.81. The Bertz CT molecular complexity index is 1130. The lowest BCUT2D eigenvalue weighted by atomic mass is 9.82. The minimum absolute atomic E-state index is 0.000443. The Morgan fingerprint density at radius 2 is 2.03 bits per heavy atom. The molecule has 3 aromatic rings. The molecule has 4 nitrogen and oxygen atoms in total. The number of carbonyl (C=O) groups excluding carboxylic acids is 1. The molecule has 0 bridgehead atoms. The number of anilines is 1. The lowest BCUT2D eigenvalue weighted by molar-refractivity contribution is -0.116. The number of terminal acetylenes is 1. The van der Waals surface area contributed by atoms with E-state index in [1.54, 1.807) is 0 Å². The SMILES string of the molecule is C#CCOc1c(Br)cc([C@H]2CC(=O)Nc3ccc4ccccc4c32)cc1OCC. The highest BCUT2D eigenvalue weighted by Crippen LogP contribution is 2.45. The lowest BCUT2D eigenvalue weighted by Gasteiger charge is -2.28. The number of ether oxygens (including phenoxy) is 2. The molecule has 1 amide bonds. The van der Waals surface area contributed by atoms with Crippen LogP contribution in [0.5, 0.6) is 11.5 Å². The minimum atomic E-state index is -0.0953. The Kier molecular flexibility index (Phi) is 5.46. The fourth-order valence-corrected chi connectivity index (χ4v) is 4.43. The van der Waals surface area contributed by atoms with E-state index in [0.717, 1.165) is 32.1 Å². The average molecular weight is 450 g/mol. The van der Waals surface area contributed by atoms with Gasteiger partial charge in [0, 0.05) is 18.0 Å². The number of amides is 1. The minimum Gasteiger partial charge on any atom is -0.490 e. The molecule has 1 atom stereocenters. The predicted molar refractivity (Wildman–Crippen MR) is 119 cm³/mol. The quantitative estimate of drug-likeness (QED) is 0.524. The fraction of sp³-hybridized carbons (Fsp3) is 0.208. The Morgan fingerprint density at radius 1 is 1.21 bits per heavy atom. The van der Waals surface area contributed by atoms with Gasteiger partial charge < -0.3 is 14.8 Å². The first kappa shape index (κ1) is 19.4. The predicted octanol–water partition coefficient (Wildman–Crippen LogP) is 5.49. The molecular formula is C24H20BrNO3. The molecule has 0 aliphatic carbocycles. The molecule has 0 fully saturated rings. The van der Waals surface area contributed by atoms with Crippen LogP contribution in [-0.2, 0) is 4.79 Å². The van der Waals surface area contributed by atoms with E-state index in [4.69, 9.17) is 15.9 Å². The van der Waals surface area contributed by atoms with Crippen molar-refractivity contribution in [3.8, 4) is 23.8 Å². The topological polar surface area (TPSA) is 47.6 Å². The third-order valence-electron chi connectivity index (χ3n) is 5.02. The van der Waals surface area contributed by atoms with Gasteiger partial charge in [-0.3, -0.25) is 4.79 Å². The maximum absolute atomic E-state index is 12.4. The van der Waals surface area contributed by atoms with Crippen molar-refractivity contribution in [3.63, 3.8) is 0 Å². The third-order valence-corrected chi connectivity index (χ3v) is 5.61. The largest absolute Gasteiger partial charge is 0.490 e. The van der Waals surface area contributed by atoms with Crippen LogP contribution in [0.4, 0.5) is 5.69 Å². The highest BCUT2D eigenvalue weighted by Gasteiger charge is 2.29. The molecule has 0 spiro atoms. The first-order chi connectivity index (χ1) is 14.1. The van der Waals surface area contributed by atoms with E-state index in [0.29, 0.717) is 24.5 Å². The molecule has 0 saturated carbocycles. The molecule has 3 aromatic carbocycles. The zero-order valence-corrected chi connectivity index (χ0v) is 17.6. The molecule has 0 radical (unpaired) electrons. The molecule has 1 aliphatic rings. The van der Waals surface area contributed by atoms with Gasteiger partial charge in [0.1, 0.15) is 6.61 Å². The van der Waals surface area contributed by atoms with Crippen molar-refractivity contribution in [2.75, 3.05) is 18.5 Å². The van der Waals surface area contributed by atoms with Gasteiger partial charge in [-0.1, -0.05) is 36.3 Å². The Balaban J connectivity index is 1.88. The second-order valence-corrected chi connectivity index (χ2v) is 7.66. The van der Waals surface area contributed by atoms with Crippen LogP contribution in [0.1, 0.15) is 30.4 Å². The molecule has 29 heavy (non-hydrogen) atoms. The monoisotopic (exact) mass is 449 g/mol. The molecule has 0 aromatic heterocycles. The van der Waals surface area contributed by atoms with Gasteiger partial charge in [-0.2, -0.15) is 0 Å². The normalized spacial score (nSPS) is 15.3. The number of benzene rings is 3. The van der Waals surface area contributed by atoms with Crippen molar-refractivity contribution in [1.82, 2.24) is 0 Å². The summed E-state index contributed by atoms with van der Waals surface area (Å²) in [6.07, 6.45) is 5.71.